The minimum atomic E-state index is -1.23. The first-order chi connectivity index (χ1) is 14.7. The monoisotopic (exact) mass is 444 g/mol. The molecule has 0 aliphatic carbocycles. The van der Waals surface area contributed by atoms with Crippen molar-refractivity contribution in [3.8, 4) is 0 Å². The van der Waals surface area contributed by atoms with E-state index in [0.717, 1.165) is 11.8 Å². The molecule has 1 saturated heterocycles. The third-order valence-corrected chi connectivity index (χ3v) is 6.26. The first kappa shape index (κ1) is 21.1. The number of ether oxygens (including phenoxy) is 2. The molecule has 4 atom stereocenters. The molecule has 10 heteroatoms. The number of carbonyl (C=O) groups is 4. The lowest BCUT2D eigenvalue weighted by molar-refractivity contribution is -0.172. The molecule has 4 unspecified atom stereocenters. The van der Waals surface area contributed by atoms with Crippen LogP contribution in [0, 0.1) is 5.92 Å². The van der Waals surface area contributed by atoms with Crippen molar-refractivity contribution in [2.24, 2.45) is 5.92 Å². The summed E-state index contributed by atoms with van der Waals surface area (Å²) >= 11 is 1.05. The molecule has 31 heavy (non-hydrogen) atoms. The fraction of sp³-hybridized carbons (Fsp3) is 0.333. The summed E-state index contributed by atoms with van der Waals surface area (Å²) in [5.74, 6) is -2.80. The topological polar surface area (TPSA) is 122 Å². The molecule has 3 aliphatic heterocycles. The van der Waals surface area contributed by atoms with E-state index in [2.05, 4.69) is 11.9 Å². The predicted molar refractivity (Wildman–Crippen MR) is 109 cm³/mol. The molecule has 0 bridgehead atoms. The van der Waals surface area contributed by atoms with Crippen LogP contribution in [0.15, 0.2) is 46.5 Å². The summed E-state index contributed by atoms with van der Waals surface area (Å²) in [5, 5.41) is 12.8. The summed E-state index contributed by atoms with van der Waals surface area (Å²) < 4.78 is 10.6. The molecule has 2 amide bonds. The fourth-order valence-electron chi connectivity index (χ4n) is 4.04. The number of cyclic esters (lactones) is 1. The van der Waals surface area contributed by atoms with Crippen LogP contribution in [0.2, 0.25) is 0 Å². The van der Waals surface area contributed by atoms with Gasteiger partial charge in [0.1, 0.15) is 5.70 Å². The minimum absolute atomic E-state index is 0.00355. The predicted octanol–water partition coefficient (Wildman–Crippen LogP) is 1.56. The van der Waals surface area contributed by atoms with E-state index in [0.29, 0.717) is 22.5 Å². The molecule has 0 aromatic heterocycles. The number of hydrogen-bond acceptors (Lipinski definition) is 8. The summed E-state index contributed by atoms with van der Waals surface area (Å²) in [6, 6.07) is 6.15. The Morgan fingerprint density at radius 1 is 1.35 bits per heavy atom. The molecule has 9 nitrogen and oxygen atoms in total. The van der Waals surface area contributed by atoms with E-state index in [1.54, 1.807) is 24.3 Å². The number of aliphatic hydroxyl groups is 1. The molecule has 162 valence electrons. The molecule has 0 radical (unpaired) electrons. The molecule has 2 N–H and O–H groups in total. The van der Waals surface area contributed by atoms with E-state index in [-0.39, 0.29) is 16.6 Å². The van der Waals surface area contributed by atoms with Crippen LogP contribution in [0.1, 0.15) is 42.5 Å². The quantitative estimate of drug-likeness (QED) is 0.501. The first-order valence-electron chi connectivity index (χ1n) is 9.58. The largest absolute Gasteiger partial charge is 0.417 e. The number of rotatable bonds is 6. The van der Waals surface area contributed by atoms with E-state index >= 15 is 0 Å². The first-order valence-corrected chi connectivity index (χ1v) is 10.4. The van der Waals surface area contributed by atoms with Gasteiger partial charge in [-0.15, -0.1) is 0 Å². The molecule has 1 aromatic carbocycles. The van der Waals surface area contributed by atoms with Crippen LogP contribution < -0.4 is 5.32 Å². The van der Waals surface area contributed by atoms with Crippen molar-refractivity contribution in [1.29, 1.82) is 0 Å². The molecule has 1 fully saturated rings. The van der Waals surface area contributed by atoms with Gasteiger partial charge in [-0.3, -0.25) is 9.59 Å². The summed E-state index contributed by atoms with van der Waals surface area (Å²) in [5.41, 5.74) is 0.731. The minimum Gasteiger partial charge on any atom is -0.417 e. The Bertz CT molecular complexity index is 1050. The van der Waals surface area contributed by atoms with Gasteiger partial charge in [-0.25, -0.2) is 9.59 Å². The number of nitrogens with zero attached hydrogens (tertiary/aromatic N) is 1. The Hall–Kier alpha value is -3.11. The normalized spacial score (nSPS) is 24.7. The zero-order valence-electron chi connectivity index (χ0n) is 16.8. The van der Waals surface area contributed by atoms with Crippen LogP contribution in [0.4, 0.5) is 0 Å². The highest BCUT2D eigenvalue weighted by Crippen LogP contribution is 2.49. The Balaban J connectivity index is 1.60. The van der Waals surface area contributed by atoms with Crippen LogP contribution in [-0.4, -0.2) is 45.9 Å². The number of esters is 2. The lowest BCUT2D eigenvalue weighted by atomic mass is 9.83. The number of thioether (sulfide) groups is 1. The summed E-state index contributed by atoms with van der Waals surface area (Å²) in [4.78, 5) is 50.8. The van der Waals surface area contributed by atoms with Gasteiger partial charge in [0.05, 0.1) is 28.7 Å². The maximum Gasteiger partial charge on any atom is 0.359 e. The molecule has 3 aliphatic rings. The van der Waals surface area contributed by atoms with Crippen LogP contribution in [0.3, 0.4) is 0 Å². The summed E-state index contributed by atoms with van der Waals surface area (Å²) in [7, 11) is 0. The number of amides is 2. The van der Waals surface area contributed by atoms with E-state index < -0.39 is 42.2 Å². The van der Waals surface area contributed by atoms with Gasteiger partial charge in [0.2, 0.25) is 11.8 Å². The number of fused-ring (bicyclic) bond motifs is 2. The number of benzene rings is 1. The average molecular weight is 444 g/mol. The summed E-state index contributed by atoms with van der Waals surface area (Å²) in [6.07, 6.45) is -1.80. The Morgan fingerprint density at radius 2 is 2.06 bits per heavy atom. The van der Waals surface area contributed by atoms with Crippen LogP contribution in [0.25, 0.3) is 0 Å². The van der Waals surface area contributed by atoms with Gasteiger partial charge in [-0.1, -0.05) is 36.5 Å². The number of β-lactam (4-membered cyclic amide) rings is 1. The second-order valence-corrected chi connectivity index (χ2v) is 8.64. The standard InChI is InChI=1S/C21H20N2O7S/c1-9(24)16-14-8-15(31-11(3)22-10(2)25)17(23(14)18(16)26)20(28)30-21-13-7-5-4-6-12(13)19(27)29-21/h4-7,9,14,16,21,24H,3,8H2,1-2H3,(H,22,25). The average Bonchev–Trinajstić information content (AvgIpc) is 3.16. The van der Waals surface area contributed by atoms with Crippen molar-refractivity contribution in [2.45, 2.75) is 38.7 Å². The van der Waals surface area contributed by atoms with Crippen LogP contribution >= 0.6 is 11.8 Å². The highest BCUT2D eigenvalue weighted by molar-refractivity contribution is 8.06. The van der Waals surface area contributed by atoms with Crippen molar-refractivity contribution in [3.63, 3.8) is 0 Å². The Labute approximate surface area is 182 Å². The number of aliphatic hydroxyl groups excluding tert-OH is 1. The van der Waals surface area contributed by atoms with Gasteiger partial charge in [-0.2, -0.15) is 0 Å². The Kier molecular flexibility index (Phi) is 5.36. The van der Waals surface area contributed by atoms with Gasteiger partial charge in [-0.05, 0) is 13.0 Å². The molecule has 0 saturated carbocycles. The number of hydrogen-bond donors (Lipinski definition) is 2. The molecule has 3 heterocycles. The third kappa shape index (κ3) is 3.61. The number of carbonyl (C=O) groups excluding carboxylic acids is 4. The zero-order valence-corrected chi connectivity index (χ0v) is 17.6. The summed E-state index contributed by atoms with van der Waals surface area (Å²) in [6.45, 7) is 6.61. The van der Waals surface area contributed by atoms with Crippen molar-refractivity contribution in [3.05, 3.63) is 57.6 Å². The van der Waals surface area contributed by atoms with Crippen LogP contribution in [0.5, 0.6) is 0 Å². The molecule has 1 aromatic rings. The van der Waals surface area contributed by atoms with E-state index in [1.807, 2.05) is 0 Å². The molecule has 4 rings (SSSR count). The third-order valence-electron chi connectivity index (χ3n) is 5.31. The van der Waals surface area contributed by atoms with Crippen molar-refractivity contribution in [1.82, 2.24) is 10.2 Å². The van der Waals surface area contributed by atoms with E-state index in [1.165, 1.54) is 18.7 Å². The Morgan fingerprint density at radius 3 is 2.74 bits per heavy atom. The van der Waals surface area contributed by atoms with Crippen molar-refractivity contribution in [2.75, 3.05) is 0 Å². The van der Waals surface area contributed by atoms with Gasteiger partial charge >= 0.3 is 11.9 Å². The second kappa shape index (κ2) is 7.86. The maximum absolute atomic E-state index is 13.1. The van der Waals surface area contributed by atoms with Gasteiger partial charge in [0.25, 0.3) is 6.29 Å². The molecule has 0 spiro atoms. The molecular weight excluding hydrogens is 424 g/mol. The zero-order chi connectivity index (χ0) is 22.4. The lowest BCUT2D eigenvalue weighted by Gasteiger charge is -2.44. The van der Waals surface area contributed by atoms with Crippen molar-refractivity contribution >= 4 is 35.5 Å². The SMILES string of the molecule is C=C(NC(C)=O)SC1=C(C(=O)OC2OC(=O)c3ccccc32)N2C(=O)C(C(C)O)C2C1. The van der Waals surface area contributed by atoms with E-state index in [9.17, 15) is 24.3 Å². The molecular formula is C21H20N2O7S. The van der Waals surface area contributed by atoms with Gasteiger partial charge in [0, 0.05) is 23.8 Å². The lowest BCUT2D eigenvalue weighted by Crippen LogP contribution is -2.61. The maximum atomic E-state index is 13.1. The highest BCUT2D eigenvalue weighted by Gasteiger charge is 2.57. The van der Waals surface area contributed by atoms with Gasteiger partial charge in [0.15, 0.2) is 0 Å². The van der Waals surface area contributed by atoms with E-state index in [4.69, 9.17) is 9.47 Å². The van der Waals surface area contributed by atoms with Gasteiger partial charge < -0.3 is 24.8 Å². The smallest absolute Gasteiger partial charge is 0.359 e. The fourth-order valence-corrected chi connectivity index (χ4v) is 5.06. The van der Waals surface area contributed by atoms with Crippen LogP contribution in [-0.2, 0) is 23.9 Å². The second-order valence-electron chi connectivity index (χ2n) is 7.45. The number of nitrogens with one attached hydrogen (secondary N) is 1. The highest BCUT2D eigenvalue weighted by atomic mass is 32.2. The van der Waals surface area contributed by atoms with Crippen molar-refractivity contribution < 1.29 is 33.8 Å².